The molecule has 0 radical (unpaired) electrons. The minimum atomic E-state index is -0.501. The number of halogens is 1. The van der Waals surface area contributed by atoms with Crippen LogP contribution in [0.25, 0.3) is 0 Å². The first-order valence-corrected chi connectivity index (χ1v) is 5.72. The van der Waals surface area contributed by atoms with Crippen molar-refractivity contribution in [2.24, 2.45) is 0 Å². The van der Waals surface area contributed by atoms with Gasteiger partial charge in [-0.1, -0.05) is 37.6 Å². The van der Waals surface area contributed by atoms with Gasteiger partial charge in [0.2, 0.25) is 0 Å². The zero-order valence-electron chi connectivity index (χ0n) is 10.2. The van der Waals surface area contributed by atoms with Crippen molar-refractivity contribution in [3.8, 4) is 0 Å². The van der Waals surface area contributed by atoms with Crippen molar-refractivity contribution in [1.82, 2.24) is 5.32 Å². The zero-order chi connectivity index (χ0) is 12.3. The van der Waals surface area contributed by atoms with Gasteiger partial charge in [-0.2, -0.15) is 0 Å². The summed E-state index contributed by atoms with van der Waals surface area (Å²) in [6, 6.07) is 6.36. The van der Waals surface area contributed by atoms with Gasteiger partial charge in [-0.15, -0.1) is 0 Å². The molecule has 0 aliphatic rings. The van der Waals surface area contributed by atoms with E-state index in [4.69, 9.17) is 11.6 Å². The predicted molar refractivity (Wildman–Crippen MR) is 68.2 cm³/mol. The Morgan fingerprint density at radius 3 is 2.56 bits per heavy atom. The highest BCUT2D eigenvalue weighted by molar-refractivity contribution is 6.62. The van der Waals surface area contributed by atoms with Crippen molar-refractivity contribution >= 4 is 17.0 Å². The zero-order valence-corrected chi connectivity index (χ0v) is 11.0. The highest BCUT2D eigenvalue weighted by atomic mass is 35.5. The number of carbonyl (C=O) groups is 1. The van der Waals surface area contributed by atoms with E-state index in [9.17, 15) is 4.79 Å². The standard InChI is InChI=1S/C13H18ClNO/c1-9-5-6-10(2)11(7-9)13(3,4)8-15-12(14)16/h5-7H,8H2,1-4H3,(H,15,16). The highest BCUT2D eigenvalue weighted by Crippen LogP contribution is 2.26. The number of nitrogens with one attached hydrogen (secondary N) is 1. The minimum absolute atomic E-state index is 0.110. The molecule has 0 fully saturated rings. The van der Waals surface area contributed by atoms with Crippen LogP contribution in [0.3, 0.4) is 0 Å². The first-order valence-electron chi connectivity index (χ1n) is 5.34. The first kappa shape index (κ1) is 13.0. The quantitative estimate of drug-likeness (QED) is 0.635. The lowest BCUT2D eigenvalue weighted by Crippen LogP contribution is -2.34. The van der Waals surface area contributed by atoms with E-state index in [-0.39, 0.29) is 5.41 Å². The van der Waals surface area contributed by atoms with Crippen LogP contribution in [-0.4, -0.2) is 11.9 Å². The molecule has 1 aromatic rings. The fourth-order valence-corrected chi connectivity index (χ4v) is 1.92. The maximum absolute atomic E-state index is 10.7. The van der Waals surface area contributed by atoms with E-state index in [1.807, 2.05) is 0 Å². The SMILES string of the molecule is Cc1ccc(C)c(C(C)(C)CNC(=O)Cl)c1. The molecule has 0 aliphatic carbocycles. The van der Waals surface area contributed by atoms with E-state index in [2.05, 4.69) is 51.2 Å². The number of hydrogen-bond donors (Lipinski definition) is 1. The van der Waals surface area contributed by atoms with Crippen molar-refractivity contribution in [3.05, 3.63) is 34.9 Å². The van der Waals surface area contributed by atoms with Crippen LogP contribution in [0.5, 0.6) is 0 Å². The molecule has 1 rings (SSSR count). The molecule has 88 valence electrons. The molecule has 1 N–H and O–H groups in total. The fourth-order valence-electron chi connectivity index (χ4n) is 1.85. The summed E-state index contributed by atoms with van der Waals surface area (Å²) >= 11 is 5.29. The Bertz CT molecular complexity index is 399. The Morgan fingerprint density at radius 2 is 2.00 bits per heavy atom. The van der Waals surface area contributed by atoms with Gasteiger partial charge < -0.3 is 5.32 Å². The average Bonchev–Trinajstić information content (AvgIpc) is 2.19. The second kappa shape index (κ2) is 4.88. The molecular formula is C13H18ClNO. The molecular weight excluding hydrogens is 222 g/mol. The molecule has 1 amide bonds. The molecule has 0 aromatic heterocycles. The average molecular weight is 240 g/mol. The third-order valence-corrected chi connectivity index (χ3v) is 2.93. The van der Waals surface area contributed by atoms with Gasteiger partial charge in [-0.3, -0.25) is 4.79 Å². The molecule has 0 heterocycles. The molecule has 0 aliphatic heterocycles. The summed E-state index contributed by atoms with van der Waals surface area (Å²) in [6.45, 7) is 8.89. The van der Waals surface area contributed by atoms with Gasteiger partial charge in [0.25, 0.3) is 0 Å². The first-order chi connectivity index (χ1) is 7.33. The summed E-state index contributed by atoms with van der Waals surface area (Å²) in [5, 5.41) is 2.16. The van der Waals surface area contributed by atoms with E-state index in [0.717, 1.165) is 0 Å². The summed E-state index contributed by atoms with van der Waals surface area (Å²) < 4.78 is 0. The van der Waals surface area contributed by atoms with Crippen LogP contribution < -0.4 is 5.32 Å². The van der Waals surface area contributed by atoms with Gasteiger partial charge in [0, 0.05) is 12.0 Å². The summed E-state index contributed by atoms with van der Waals surface area (Å²) in [5.41, 5.74) is 3.60. The number of amides is 1. The summed E-state index contributed by atoms with van der Waals surface area (Å²) in [7, 11) is 0. The van der Waals surface area contributed by atoms with Gasteiger partial charge in [-0.25, -0.2) is 0 Å². The Hall–Kier alpha value is -1.02. The van der Waals surface area contributed by atoms with Crippen LogP contribution in [-0.2, 0) is 5.41 Å². The Morgan fingerprint density at radius 1 is 1.38 bits per heavy atom. The molecule has 1 aromatic carbocycles. The third kappa shape index (κ3) is 3.24. The second-order valence-corrected chi connectivity index (χ2v) is 5.17. The minimum Gasteiger partial charge on any atom is -0.342 e. The monoisotopic (exact) mass is 239 g/mol. The van der Waals surface area contributed by atoms with Crippen molar-refractivity contribution in [2.75, 3.05) is 6.54 Å². The maximum Gasteiger partial charge on any atom is 0.313 e. The van der Waals surface area contributed by atoms with Crippen LogP contribution in [0.4, 0.5) is 4.79 Å². The number of hydrogen-bond acceptors (Lipinski definition) is 1. The van der Waals surface area contributed by atoms with Gasteiger partial charge in [-0.05, 0) is 36.6 Å². The maximum atomic E-state index is 10.7. The summed E-state index contributed by atoms with van der Waals surface area (Å²) in [6.07, 6.45) is 0. The predicted octanol–water partition coefficient (Wildman–Crippen LogP) is 3.53. The largest absolute Gasteiger partial charge is 0.342 e. The van der Waals surface area contributed by atoms with Crippen LogP contribution in [0.1, 0.15) is 30.5 Å². The van der Waals surface area contributed by atoms with Crippen molar-refractivity contribution in [1.29, 1.82) is 0 Å². The van der Waals surface area contributed by atoms with Crippen LogP contribution in [0, 0.1) is 13.8 Å². The number of benzene rings is 1. The molecule has 3 heteroatoms. The van der Waals surface area contributed by atoms with Crippen LogP contribution in [0.2, 0.25) is 0 Å². The molecule has 0 atom stereocenters. The lowest BCUT2D eigenvalue weighted by atomic mass is 9.81. The lowest BCUT2D eigenvalue weighted by molar-refractivity contribution is 0.257. The Labute approximate surface area is 102 Å². The highest BCUT2D eigenvalue weighted by Gasteiger charge is 2.22. The van der Waals surface area contributed by atoms with Crippen molar-refractivity contribution < 1.29 is 4.79 Å². The Balaban J connectivity index is 2.96. The molecule has 0 bridgehead atoms. The Kier molecular flexibility index (Phi) is 3.98. The normalized spacial score (nSPS) is 11.3. The fraction of sp³-hybridized carbons (Fsp3) is 0.462. The van der Waals surface area contributed by atoms with Gasteiger partial charge >= 0.3 is 5.37 Å². The van der Waals surface area contributed by atoms with E-state index in [0.29, 0.717) is 6.54 Å². The van der Waals surface area contributed by atoms with Crippen LogP contribution >= 0.6 is 11.6 Å². The van der Waals surface area contributed by atoms with E-state index in [1.54, 1.807) is 0 Å². The second-order valence-electron chi connectivity index (χ2n) is 4.83. The van der Waals surface area contributed by atoms with Gasteiger partial charge in [0.1, 0.15) is 0 Å². The van der Waals surface area contributed by atoms with Gasteiger partial charge in [0.05, 0.1) is 0 Å². The topological polar surface area (TPSA) is 29.1 Å². The van der Waals surface area contributed by atoms with Crippen molar-refractivity contribution in [2.45, 2.75) is 33.1 Å². The van der Waals surface area contributed by atoms with E-state index in [1.165, 1.54) is 16.7 Å². The molecule has 0 unspecified atom stereocenters. The molecule has 0 saturated heterocycles. The number of aryl methyl sites for hydroxylation is 2. The third-order valence-electron chi connectivity index (χ3n) is 2.79. The molecule has 0 spiro atoms. The number of carbonyl (C=O) groups excluding carboxylic acids is 1. The van der Waals surface area contributed by atoms with Crippen LogP contribution in [0.15, 0.2) is 18.2 Å². The molecule has 0 saturated carbocycles. The van der Waals surface area contributed by atoms with Gasteiger partial charge in [0.15, 0.2) is 0 Å². The van der Waals surface area contributed by atoms with E-state index < -0.39 is 5.37 Å². The van der Waals surface area contributed by atoms with Crippen molar-refractivity contribution in [3.63, 3.8) is 0 Å². The summed E-state index contributed by atoms with van der Waals surface area (Å²) in [4.78, 5) is 10.7. The summed E-state index contributed by atoms with van der Waals surface area (Å²) in [5.74, 6) is 0. The lowest BCUT2D eigenvalue weighted by Gasteiger charge is -2.27. The van der Waals surface area contributed by atoms with E-state index >= 15 is 0 Å². The smallest absolute Gasteiger partial charge is 0.313 e. The molecule has 16 heavy (non-hydrogen) atoms. The molecule has 2 nitrogen and oxygen atoms in total. The number of rotatable bonds is 3.